The summed E-state index contributed by atoms with van der Waals surface area (Å²) in [6.45, 7) is 0.672. The lowest BCUT2D eigenvalue weighted by Gasteiger charge is -2.20. The van der Waals surface area contributed by atoms with E-state index >= 15 is 0 Å². The van der Waals surface area contributed by atoms with Crippen molar-refractivity contribution in [2.75, 3.05) is 13.7 Å². The zero-order chi connectivity index (χ0) is 10.8. The molecule has 1 aromatic carbocycles. The number of rotatable bonds is 3. The largest absolute Gasteiger partial charge is 0.496 e. The van der Waals surface area contributed by atoms with Crippen LogP contribution in [-0.4, -0.2) is 18.8 Å². The highest BCUT2D eigenvalue weighted by Crippen LogP contribution is 2.34. The van der Waals surface area contributed by atoms with E-state index in [-0.39, 0.29) is 5.56 Å². The van der Waals surface area contributed by atoms with E-state index in [4.69, 9.17) is 21.4 Å². The van der Waals surface area contributed by atoms with Crippen molar-refractivity contribution in [2.24, 2.45) is 0 Å². The third-order valence-electron chi connectivity index (χ3n) is 2.02. The molecule has 0 amide bonds. The quantitative estimate of drug-likeness (QED) is 0.845. The predicted molar refractivity (Wildman–Crippen MR) is 53.5 cm³/mol. The number of halogens is 2. The van der Waals surface area contributed by atoms with Crippen LogP contribution in [0.15, 0.2) is 18.2 Å². The molecule has 0 radical (unpaired) electrons. The lowest BCUT2D eigenvalue weighted by Crippen LogP contribution is -2.21. The van der Waals surface area contributed by atoms with Crippen LogP contribution in [0, 0.1) is 0 Å². The molecule has 0 heterocycles. The number of hydrogen-bond acceptors (Lipinski definition) is 2. The van der Waals surface area contributed by atoms with Crippen LogP contribution in [0.1, 0.15) is 12.5 Å². The lowest BCUT2D eigenvalue weighted by molar-refractivity contribution is 0.0842. The van der Waals surface area contributed by atoms with Crippen molar-refractivity contribution >= 4 is 11.6 Å². The Bertz CT molecular complexity index is 326. The topological polar surface area (TPSA) is 29.5 Å². The molecule has 1 unspecified atom stereocenters. The van der Waals surface area contributed by atoms with Gasteiger partial charge in [-0.3, -0.25) is 0 Å². The van der Waals surface area contributed by atoms with Gasteiger partial charge in [0.25, 0.3) is 0 Å². The molecule has 4 heteroatoms. The Balaban J connectivity index is 3.23. The van der Waals surface area contributed by atoms with Gasteiger partial charge in [0.2, 0.25) is 0 Å². The van der Waals surface area contributed by atoms with Gasteiger partial charge in [-0.25, -0.2) is 4.39 Å². The zero-order valence-corrected chi connectivity index (χ0v) is 8.81. The van der Waals surface area contributed by atoms with Crippen LogP contribution >= 0.6 is 11.6 Å². The van der Waals surface area contributed by atoms with Crippen molar-refractivity contribution in [3.63, 3.8) is 0 Å². The van der Waals surface area contributed by atoms with Crippen molar-refractivity contribution in [2.45, 2.75) is 12.6 Å². The molecule has 14 heavy (non-hydrogen) atoms. The molecule has 0 aliphatic carbocycles. The Morgan fingerprint density at radius 1 is 1.57 bits per heavy atom. The molecule has 1 atom stereocenters. The van der Waals surface area contributed by atoms with Crippen LogP contribution in [-0.2, 0) is 5.67 Å². The Morgan fingerprint density at radius 3 is 2.71 bits per heavy atom. The maximum absolute atomic E-state index is 13.8. The highest BCUT2D eigenvalue weighted by Gasteiger charge is 2.28. The number of methoxy groups -OCH3 is 1. The molecule has 0 aliphatic heterocycles. The Kier molecular flexibility index (Phi) is 3.34. The zero-order valence-electron chi connectivity index (χ0n) is 8.05. The standard InChI is InChI=1S/C10H12ClFO2/c1-10(12,6-13)8-5-7(11)3-4-9(8)14-2/h3-5,13H,6H2,1-2H3. The van der Waals surface area contributed by atoms with Gasteiger partial charge in [0.1, 0.15) is 5.75 Å². The summed E-state index contributed by atoms with van der Waals surface area (Å²) in [7, 11) is 1.44. The van der Waals surface area contributed by atoms with E-state index in [1.54, 1.807) is 12.1 Å². The highest BCUT2D eigenvalue weighted by molar-refractivity contribution is 6.30. The number of aliphatic hydroxyl groups is 1. The molecule has 0 aromatic heterocycles. The van der Waals surface area contributed by atoms with Gasteiger partial charge in [-0.15, -0.1) is 0 Å². The second-order valence-electron chi connectivity index (χ2n) is 3.20. The van der Waals surface area contributed by atoms with Crippen LogP contribution in [0.4, 0.5) is 4.39 Å². The minimum Gasteiger partial charge on any atom is -0.496 e. The average molecular weight is 219 g/mol. The molecule has 2 nitrogen and oxygen atoms in total. The van der Waals surface area contributed by atoms with Gasteiger partial charge < -0.3 is 9.84 Å². The van der Waals surface area contributed by atoms with E-state index in [1.165, 1.54) is 20.1 Å². The normalized spacial score (nSPS) is 14.9. The lowest BCUT2D eigenvalue weighted by atomic mass is 9.98. The summed E-state index contributed by atoms with van der Waals surface area (Å²) >= 11 is 5.73. The maximum atomic E-state index is 13.8. The number of benzene rings is 1. The van der Waals surface area contributed by atoms with Gasteiger partial charge in [-0.05, 0) is 25.1 Å². The summed E-state index contributed by atoms with van der Waals surface area (Å²) in [5.74, 6) is 0.383. The van der Waals surface area contributed by atoms with Crippen molar-refractivity contribution in [1.29, 1.82) is 0 Å². The second kappa shape index (κ2) is 4.15. The summed E-state index contributed by atoms with van der Waals surface area (Å²) < 4.78 is 18.8. The van der Waals surface area contributed by atoms with Gasteiger partial charge in [0, 0.05) is 10.6 Å². The fourth-order valence-corrected chi connectivity index (χ4v) is 1.34. The SMILES string of the molecule is COc1ccc(Cl)cc1C(C)(F)CO. The molecule has 0 saturated carbocycles. The molecular formula is C10H12ClFO2. The van der Waals surface area contributed by atoms with E-state index in [2.05, 4.69) is 0 Å². The first-order valence-corrected chi connectivity index (χ1v) is 4.53. The van der Waals surface area contributed by atoms with Crippen LogP contribution in [0.2, 0.25) is 5.02 Å². The second-order valence-corrected chi connectivity index (χ2v) is 3.64. The highest BCUT2D eigenvalue weighted by atomic mass is 35.5. The summed E-state index contributed by atoms with van der Waals surface area (Å²) in [5.41, 5.74) is -1.58. The van der Waals surface area contributed by atoms with Crippen molar-refractivity contribution in [3.05, 3.63) is 28.8 Å². The molecule has 0 bridgehead atoms. The first kappa shape index (κ1) is 11.3. The van der Waals surface area contributed by atoms with E-state index in [1.807, 2.05) is 0 Å². The third kappa shape index (κ3) is 2.16. The first-order chi connectivity index (χ1) is 6.51. The van der Waals surface area contributed by atoms with Crippen molar-refractivity contribution in [3.8, 4) is 5.75 Å². The first-order valence-electron chi connectivity index (χ1n) is 4.15. The van der Waals surface area contributed by atoms with Crippen LogP contribution < -0.4 is 4.74 Å². The molecule has 0 saturated heterocycles. The fraction of sp³-hybridized carbons (Fsp3) is 0.400. The monoisotopic (exact) mass is 218 g/mol. The molecule has 1 N–H and O–H groups in total. The van der Waals surface area contributed by atoms with Crippen LogP contribution in [0.3, 0.4) is 0 Å². The van der Waals surface area contributed by atoms with E-state index in [9.17, 15) is 4.39 Å². The predicted octanol–water partition coefficient (Wildman–Crippen LogP) is 2.53. The molecule has 1 rings (SSSR count). The summed E-state index contributed by atoms with van der Waals surface area (Å²) in [6, 6.07) is 4.64. The molecule has 78 valence electrons. The van der Waals surface area contributed by atoms with Crippen molar-refractivity contribution < 1.29 is 14.2 Å². The summed E-state index contributed by atoms with van der Waals surface area (Å²) in [5, 5.41) is 9.30. The number of aliphatic hydroxyl groups excluding tert-OH is 1. The number of hydrogen-bond donors (Lipinski definition) is 1. The Labute approximate surface area is 87.3 Å². The molecular weight excluding hydrogens is 207 g/mol. The summed E-state index contributed by atoms with van der Waals surface area (Å²) in [6.07, 6.45) is 0. The van der Waals surface area contributed by atoms with Crippen LogP contribution in [0.5, 0.6) is 5.75 Å². The summed E-state index contributed by atoms with van der Waals surface area (Å²) in [4.78, 5) is 0. The minimum atomic E-state index is -1.84. The van der Waals surface area contributed by atoms with Crippen LogP contribution in [0.25, 0.3) is 0 Å². The number of alkyl halides is 1. The molecule has 0 fully saturated rings. The average Bonchev–Trinajstić information content (AvgIpc) is 2.18. The molecule has 0 spiro atoms. The Morgan fingerprint density at radius 2 is 2.21 bits per heavy atom. The van der Waals surface area contributed by atoms with Gasteiger partial charge in [0.15, 0.2) is 5.67 Å². The molecule has 1 aromatic rings. The van der Waals surface area contributed by atoms with E-state index in [0.717, 1.165) is 0 Å². The third-order valence-corrected chi connectivity index (χ3v) is 2.26. The minimum absolute atomic E-state index is 0.259. The van der Waals surface area contributed by atoms with Gasteiger partial charge >= 0.3 is 0 Å². The fourth-order valence-electron chi connectivity index (χ4n) is 1.17. The van der Waals surface area contributed by atoms with E-state index < -0.39 is 12.3 Å². The van der Waals surface area contributed by atoms with Gasteiger partial charge in [0.05, 0.1) is 13.7 Å². The van der Waals surface area contributed by atoms with Gasteiger partial charge in [-0.1, -0.05) is 11.6 Å². The molecule has 0 aliphatic rings. The number of ether oxygens (including phenoxy) is 1. The maximum Gasteiger partial charge on any atom is 0.159 e. The Hall–Kier alpha value is -0.800. The van der Waals surface area contributed by atoms with E-state index in [0.29, 0.717) is 10.8 Å². The van der Waals surface area contributed by atoms with Crippen molar-refractivity contribution in [1.82, 2.24) is 0 Å². The smallest absolute Gasteiger partial charge is 0.159 e. The van der Waals surface area contributed by atoms with Gasteiger partial charge in [-0.2, -0.15) is 0 Å².